The van der Waals surface area contributed by atoms with Gasteiger partial charge in [0.2, 0.25) is 0 Å². The summed E-state index contributed by atoms with van der Waals surface area (Å²) in [6, 6.07) is 0. The third-order valence-corrected chi connectivity index (χ3v) is 3.32. The van der Waals surface area contributed by atoms with Gasteiger partial charge < -0.3 is 10.0 Å². The summed E-state index contributed by atoms with van der Waals surface area (Å²) in [7, 11) is 0. The number of carbonyl (C=O) groups is 1. The SMILES string of the molecule is O=C(O)C1CCCN(c2ncnc3nccnc23)C1. The van der Waals surface area contributed by atoms with Crippen molar-refractivity contribution in [1.29, 1.82) is 0 Å². The monoisotopic (exact) mass is 259 g/mol. The van der Waals surface area contributed by atoms with Gasteiger partial charge >= 0.3 is 5.97 Å². The van der Waals surface area contributed by atoms with E-state index in [0.29, 0.717) is 29.9 Å². The highest BCUT2D eigenvalue weighted by Gasteiger charge is 2.27. The molecule has 1 aliphatic heterocycles. The Balaban J connectivity index is 1.97. The number of hydrogen-bond acceptors (Lipinski definition) is 6. The Morgan fingerprint density at radius 1 is 1.26 bits per heavy atom. The molecular formula is C12H13N5O2. The lowest BCUT2D eigenvalue weighted by atomic mass is 9.98. The molecule has 7 nitrogen and oxygen atoms in total. The quantitative estimate of drug-likeness (QED) is 0.849. The number of nitrogens with zero attached hydrogens (tertiary/aromatic N) is 5. The van der Waals surface area contributed by atoms with E-state index in [1.165, 1.54) is 6.33 Å². The topological polar surface area (TPSA) is 92.1 Å². The molecular weight excluding hydrogens is 246 g/mol. The first kappa shape index (κ1) is 11.8. The van der Waals surface area contributed by atoms with Crippen molar-refractivity contribution in [1.82, 2.24) is 19.9 Å². The van der Waals surface area contributed by atoms with Gasteiger partial charge in [0.1, 0.15) is 6.33 Å². The molecule has 1 atom stereocenters. The standard InChI is InChI=1S/C12H13N5O2/c18-12(19)8-2-1-5-17(6-8)11-9-10(15-7-16-11)14-4-3-13-9/h3-4,7-8H,1-2,5-6H2,(H,18,19). The van der Waals surface area contributed by atoms with E-state index in [4.69, 9.17) is 5.11 Å². The first-order valence-corrected chi connectivity index (χ1v) is 6.15. The first-order valence-electron chi connectivity index (χ1n) is 6.15. The van der Waals surface area contributed by atoms with Crippen LogP contribution in [0.15, 0.2) is 18.7 Å². The molecule has 0 radical (unpaired) electrons. The van der Waals surface area contributed by atoms with Gasteiger partial charge in [-0.1, -0.05) is 0 Å². The molecule has 0 aliphatic carbocycles. The Labute approximate surface area is 109 Å². The highest BCUT2D eigenvalue weighted by molar-refractivity contribution is 5.82. The minimum atomic E-state index is -0.755. The fourth-order valence-electron chi connectivity index (χ4n) is 2.38. The average molecular weight is 259 g/mol. The van der Waals surface area contributed by atoms with Crippen LogP contribution >= 0.6 is 0 Å². The average Bonchev–Trinajstić information content (AvgIpc) is 2.47. The van der Waals surface area contributed by atoms with Crippen LogP contribution in [-0.2, 0) is 4.79 Å². The molecule has 0 amide bonds. The van der Waals surface area contributed by atoms with Gasteiger partial charge in [0.05, 0.1) is 5.92 Å². The maximum Gasteiger partial charge on any atom is 0.308 e. The Morgan fingerprint density at radius 2 is 2.11 bits per heavy atom. The lowest BCUT2D eigenvalue weighted by molar-refractivity contribution is -0.141. The summed E-state index contributed by atoms with van der Waals surface area (Å²) < 4.78 is 0. The van der Waals surface area contributed by atoms with Gasteiger partial charge in [-0.25, -0.2) is 19.9 Å². The van der Waals surface area contributed by atoms with Gasteiger partial charge in [-0.2, -0.15) is 0 Å². The van der Waals surface area contributed by atoms with E-state index in [-0.39, 0.29) is 5.92 Å². The van der Waals surface area contributed by atoms with Crippen molar-refractivity contribution in [2.24, 2.45) is 5.92 Å². The van der Waals surface area contributed by atoms with Gasteiger partial charge in [-0.05, 0) is 12.8 Å². The van der Waals surface area contributed by atoms with E-state index in [0.717, 1.165) is 13.0 Å². The second-order valence-electron chi connectivity index (χ2n) is 4.55. The number of anilines is 1. The molecule has 1 aliphatic rings. The van der Waals surface area contributed by atoms with E-state index in [1.807, 2.05) is 4.90 Å². The van der Waals surface area contributed by atoms with Crippen molar-refractivity contribution < 1.29 is 9.90 Å². The molecule has 1 N–H and O–H groups in total. The van der Waals surface area contributed by atoms with Crippen LogP contribution in [0.5, 0.6) is 0 Å². The maximum absolute atomic E-state index is 11.1. The Kier molecular flexibility index (Phi) is 2.94. The summed E-state index contributed by atoms with van der Waals surface area (Å²) in [5.74, 6) is -0.436. The molecule has 0 saturated carbocycles. The molecule has 1 fully saturated rings. The van der Waals surface area contributed by atoms with Crippen LogP contribution in [0.1, 0.15) is 12.8 Å². The molecule has 3 rings (SSSR count). The van der Waals surface area contributed by atoms with Crippen molar-refractivity contribution >= 4 is 23.0 Å². The number of rotatable bonds is 2. The number of aromatic nitrogens is 4. The van der Waals surface area contributed by atoms with Gasteiger partial charge in [-0.3, -0.25) is 4.79 Å². The van der Waals surface area contributed by atoms with E-state index in [1.54, 1.807) is 12.4 Å². The van der Waals surface area contributed by atoms with Gasteiger partial charge in [0.25, 0.3) is 0 Å². The maximum atomic E-state index is 11.1. The molecule has 2 aromatic rings. The number of carboxylic acids is 1. The number of piperidine rings is 1. The van der Waals surface area contributed by atoms with Crippen molar-refractivity contribution in [3.8, 4) is 0 Å². The molecule has 1 saturated heterocycles. The van der Waals surface area contributed by atoms with Crippen LogP contribution in [0.3, 0.4) is 0 Å². The molecule has 0 bridgehead atoms. The Bertz CT molecular complexity index is 613. The fraction of sp³-hybridized carbons (Fsp3) is 0.417. The minimum Gasteiger partial charge on any atom is -0.481 e. The lowest BCUT2D eigenvalue weighted by Crippen LogP contribution is -2.39. The summed E-state index contributed by atoms with van der Waals surface area (Å²) in [4.78, 5) is 29.8. The van der Waals surface area contributed by atoms with Gasteiger partial charge in [0, 0.05) is 25.5 Å². The smallest absolute Gasteiger partial charge is 0.308 e. The number of hydrogen-bond donors (Lipinski definition) is 1. The second kappa shape index (κ2) is 4.75. The number of fused-ring (bicyclic) bond motifs is 1. The zero-order chi connectivity index (χ0) is 13.2. The largest absolute Gasteiger partial charge is 0.481 e. The van der Waals surface area contributed by atoms with Crippen molar-refractivity contribution in [2.45, 2.75) is 12.8 Å². The van der Waals surface area contributed by atoms with Crippen molar-refractivity contribution in [3.05, 3.63) is 18.7 Å². The number of aliphatic carboxylic acids is 1. The van der Waals surface area contributed by atoms with Crippen LogP contribution in [0.25, 0.3) is 11.2 Å². The molecule has 1 unspecified atom stereocenters. The Morgan fingerprint density at radius 3 is 2.95 bits per heavy atom. The zero-order valence-electron chi connectivity index (χ0n) is 10.2. The Hall–Kier alpha value is -2.31. The molecule has 0 spiro atoms. The van der Waals surface area contributed by atoms with Crippen LogP contribution < -0.4 is 4.90 Å². The van der Waals surface area contributed by atoms with Gasteiger partial charge in [-0.15, -0.1) is 0 Å². The van der Waals surface area contributed by atoms with E-state index in [9.17, 15) is 4.79 Å². The summed E-state index contributed by atoms with van der Waals surface area (Å²) >= 11 is 0. The van der Waals surface area contributed by atoms with Crippen LogP contribution in [0.4, 0.5) is 5.82 Å². The molecule has 19 heavy (non-hydrogen) atoms. The highest BCUT2D eigenvalue weighted by atomic mass is 16.4. The third-order valence-electron chi connectivity index (χ3n) is 3.32. The second-order valence-corrected chi connectivity index (χ2v) is 4.55. The van der Waals surface area contributed by atoms with E-state index in [2.05, 4.69) is 19.9 Å². The fourth-order valence-corrected chi connectivity index (χ4v) is 2.38. The summed E-state index contributed by atoms with van der Waals surface area (Å²) in [6.07, 6.45) is 6.16. The van der Waals surface area contributed by atoms with Crippen molar-refractivity contribution in [2.75, 3.05) is 18.0 Å². The highest BCUT2D eigenvalue weighted by Crippen LogP contribution is 2.25. The first-order chi connectivity index (χ1) is 9.25. The minimum absolute atomic E-state index is 0.351. The predicted octanol–water partition coefficient (Wildman–Crippen LogP) is 0.721. The zero-order valence-corrected chi connectivity index (χ0v) is 10.2. The summed E-state index contributed by atoms with van der Waals surface area (Å²) in [6.45, 7) is 1.24. The van der Waals surface area contributed by atoms with Crippen LogP contribution in [-0.4, -0.2) is 44.1 Å². The van der Waals surface area contributed by atoms with Crippen LogP contribution in [0.2, 0.25) is 0 Å². The van der Waals surface area contributed by atoms with Crippen LogP contribution in [0, 0.1) is 5.92 Å². The molecule has 98 valence electrons. The van der Waals surface area contributed by atoms with E-state index >= 15 is 0 Å². The summed E-state index contributed by atoms with van der Waals surface area (Å²) in [5.41, 5.74) is 1.15. The van der Waals surface area contributed by atoms with E-state index < -0.39 is 5.97 Å². The normalized spacial score (nSPS) is 19.6. The molecule has 0 aromatic carbocycles. The number of carboxylic acid groups (broad SMARTS) is 1. The molecule has 7 heteroatoms. The molecule has 3 heterocycles. The predicted molar refractivity (Wildman–Crippen MR) is 67.7 cm³/mol. The molecule has 2 aromatic heterocycles. The summed E-state index contributed by atoms with van der Waals surface area (Å²) in [5, 5.41) is 9.13. The third kappa shape index (κ3) is 2.18. The van der Waals surface area contributed by atoms with Gasteiger partial charge in [0.15, 0.2) is 17.0 Å². The van der Waals surface area contributed by atoms with Crippen molar-refractivity contribution in [3.63, 3.8) is 0 Å². The lowest BCUT2D eigenvalue weighted by Gasteiger charge is -2.31.